The summed E-state index contributed by atoms with van der Waals surface area (Å²) < 4.78 is 31.7. The van der Waals surface area contributed by atoms with Crippen molar-refractivity contribution >= 4 is 15.7 Å². The molecule has 0 aliphatic heterocycles. The van der Waals surface area contributed by atoms with Crippen molar-refractivity contribution in [2.24, 2.45) is 5.73 Å². The van der Waals surface area contributed by atoms with Crippen LogP contribution in [0.4, 0.5) is 5.69 Å². The Kier molecular flexibility index (Phi) is 4.15. The molecule has 0 atom stereocenters. The van der Waals surface area contributed by atoms with Crippen LogP contribution in [0.25, 0.3) is 0 Å². The van der Waals surface area contributed by atoms with Crippen molar-refractivity contribution in [2.45, 2.75) is 25.5 Å². The highest BCUT2D eigenvalue weighted by Gasteiger charge is 2.26. The molecule has 0 spiro atoms. The van der Waals surface area contributed by atoms with E-state index in [1.165, 1.54) is 10.4 Å². The molecule has 0 aliphatic rings. The van der Waals surface area contributed by atoms with Gasteiger partial charge in [-0.05, 0) is 38.1 Å². The topological polar surface area (TPSA) is 76.5 Å². The van der Waals surface area contributed by atoms with Gasteiger partial charge in [-0.3, -0.25) is 4.31 Å². The van der Waals surface area contributed by atoms with E-state index in [1.807, 2.05) is 19.1 Å². The Morgan fingerprint density at radius 3 is 2.30 bits per heavy atom. The minimum atomic E-state index is -3.70. The lowest BCUT2D eigenvalue weighted by molar-refractivity contribution is 0.415. The lowest BCUT2D eigenvalue weighted by Gasteiger charge is -2.21. The van der Waals surface area contributed by atoms with Crippen molar-refractivity contribution in [3.63, 3.8) is 0 Å². The molecule has 0 radical (unpaired) electrons. The van der Waals surface area contributed by atoms with Crippen LogP contribution < -0.4 is 10.0 Å². The van der Waals surface area contributed by atoms with Crippen LogP contribution in [0.1, 0.15) is 18.2 Å². The second-order valence-electron chi connectivity index (χ2n) is 4.43. The van der Waals surface area contributed by atoms with Crippen LogP contribution in [0.2, 0.25) is 0 Å². The Morgan fingerprint density at radius 2 is 1.80 bits per heavy atom. The van der Waals surface area contributed by atoms with Gasteiger partial charge in [0.2, 0.25) is 5.09 Å². The van der Waals surface area contributed by atoms with Gasteiger partial charge in [0.15, 0.2) is 0 Å². The Morgan fingerprint density at radius 1 is 1.15 bits per heavy atom. The first-order valence-electron chi connectivity index (χ1n) is 6.37. The SMILES string of the molecule is CCN(c1ccc(C)cc1)S(=O)(=O)c1ccc(CN)o1. The fourth-order valence-electron chi connectivity index (χ4n) is 1.92. The number of benzene rings is 1. The zero-order valence-electron chi connectivity index (χ0n) is 11.5. The maximum atomic E-state index is 12.6. The van der Waals surface area contributed by atoms with Crippen LogP contribution in [0.3, 0.4) is 0 Å². The molecule has 0 saturated heterocycles. The molecule has 0 unspecified atom stereocenters. The average Bonchev–Trinajstić information content (AvgIpc) is 2.91. The molecule has 2 N–H and O–H groups in total. The van der Waals surface area contributed by atoms with Gasteiger partial charge >= 0.3 is 0 Å². The third-order valence-electron chi connectivity index (χ3n) is 2.99. The first kappa shape index (κ1) is 14.6. The molecule has 1 aromatic carbocycles. The number of nitrogens with zero attached hydrogens (tertiary/aromatic N) is 1. The van der Waals surface area contributed by atoms with Gasteiger partial charge in [0, 0.05) is 6.54 Å². The van der Waals surface area contributed by atoms with Crippen molar-refractivity contribution in [1.82, 2.24) is 0 Å². The Bertz CT molecular complexity index is 675. The molecule has 2 aromatic rings. The summed E-state index contributed by atoms with van der Waals surface area (Å²) in [6.07, 6.45) is 0. The van der Waals surface area contributed by atoms with Crippen molar-refractivity contribution in [2.75, 3.05) is 10.8 Å². The normalized spacial score (nSPS) is 11.6. The monoisotopic (exact) mass is 294 g/mol. The maximum absolute atomic E-state index is 12.6. The molecule has 0 bridgehead atoms. The van der Waals surface area contributed by atoms with E-state index in [1.54, 1.807) is 25.1 Å². The summed E-state index contributed by atoms with van der Waals surface area (Å²) in [4.78, 5) is 0. The third-order valence-corrected chi connectivity index (χ3v) is 4.77. The molecule has 6 heteroatoms. The van der Waals surface area contributed by atoms with Gasteiger partial charge < -0.3 is 10.2 Å². The number of rotatable bonds is 5. The van der Waals surface area contributed by atoms with E-state index < -0.39 is 10.0 Å². The molecule has 0 amide bonds. The third kappa shape index (κ3) is 2.71. The molecule has 2 rings (SSSR count). The fourth-order valence-corrected chi connectivity index (χ4v) is 3.33. The second-order valence-corrected chi connectivity index (χ2v) is 6.22. The summed E-state index contributed by atoms with van der Waals surface area (Å²) in [5.74, 6) is 0.448. The molecule has 20 heavy (non-hydrogen) atoms. The molecule has 5 nitrogen and oxygen atoms in total. The highest BCUT2D eigenvalue weighted by molar-refractivity contribution is 7.92. The van der Waals surface area contributed by atoms with E-state index in [2.05, 4.69) is 0 Å². The molecule has 0 saturated carbocycles. The lowest BCUT2D eigenvalue weighted by atomic mass is 10.2. The van der Waals surface area contributed by atoms with Gasteiger partial charge in [-0.15, -0.1) is 0 Å². The first-order valence-corrected chi connectivity index (χ1v) is 7.81. The van der Waals surface area contributed by atoms with Crippen molar-refractivity contribution in [1.29, 1.82) is 0 Å². The van der Waals surface area contributed by atoms with Crippen molar-refractivity contribution in [3.05, 3.63) is 47.7 Å². The Hall–Kier alpha value is -1.79. The first-order chi connectivity index (χ1) is 9.48. The van der Waals surface area contributed by atoms with E-state index in [0.29, 0.717) is 18.0 Å². The zero-order valence-corrected chi connectivity index (χ0v) is 12.4. The number of hydrogen-bond acceptors (Lipinski definition) is 4. The molecule has 108 valence electrons. The van der Waals surface area contributed by atoms with E-state index in [0.717, 1.165) is 5.56 Å². The van der Waals surface area contributed by atoms with E-state index >= 15 is 0 Å². The van der Waals surface area contributed by atoms with Gasteiger partial charge in [-0.25, -0.2) is 0 Å². The number of hydrogen-bond donors (Lipinski definition) is 1. The largest absolute Gasteiger partial charge is 0.446 e. The van der Waals surface area contributed by atoms with Gasteiger partial charge in [0.1, 0.15) is 5.76 Å². The van der Waals surface area contributed by atoms with Gasteiger partial charge in [-0.1, -0.05) is 17.7 Å². The summed E-state index contributed by atoms with van der Waals surface area (Å²) in [6.45, 7) is 4.23. The quantitative estimate of drug-likeness (QED) is 0.917. The molecule has 0 aliphatic carbocycles. The van der Waals surface area contributed by atoms with Crippen molar-refractivity contribution < 1.29 is 12.8 Å². The Balaban J connectivity index is 2.41. The smallest absolute Gasteiger partial charge is 0.297 e. The maximum Gasteiger partial charge on any atom is 0.297 e. The van der Waals surface area contributed by atoms with Crippen LogP contribution in [0.15, 0.2) is 45.9 Å². The van der Waals surface area contributed by atoms with E-state index in [4.69, 9.17) is 10.2 Å². The highest BCUT2D eigenvalue weighted by Crippen LogP contribution is 2.25. The standard InChI is InChI=1S/C14H18N2O3S/c1-3-16(12-6-4-11(2)5-7-12)20(17,18)14-9-8-13(10-15)19-14/h4-9H,3,10,15H2,1-2H3. The number of sulfonamides is 1. The number of aryl methyl sites for hydroxylation is 1. The molecule has 0 fully saturated rings. The predicted octanol–water partition coefficient (Wildman–Crippen LogP) is 2.26. The second kappa shape index (κ2) is 5.68. The van der Waals surface area contributed by atoms with Crippen LogP contribution in [-0.4, -0.2) is 15.0 Å². The predicted molar refractivity (Wildman–Crippen MR) is 78.0 cm³/mol. The van der Waals surface area contributed by atoms with Crippen LogP contribution in [0.5, 0.6) is 0 Å². The fraction of sp³-hybridized carbons (Fsp3) is 0.286. The summed E-state index contributed by atoms with van der Waals surface area (Å²) in [6, 6.07) is 10.3. The molecule has 1 aromatic heterocycles. The average molecular weight is 294 g/mol. The molecular formula is C14H18N2O3S. The van der Waals surface area contributed by atoms with Crippen LogP contribution in [-0.2, 0) is 16.6 Å². The van der Waals surface area contributed by atoms with Crippen molar-refractivity contribution in [3.8, 4) is 0 Å². The lowest BCUT2D eigenvalue weighted by Crippen LogP contribution is -2.30. The summed E-state index contributed by atoms with van der Waals surface area (Å²) >= 11 is 0. The van der Waals surface area contributed by atoms with Crippen LogP contribution in [0, 0.1) is 6.92 Å². The minimum Gasteiger partial charge on any atom is -0.446 e. The van der Waals surface area contributed by atoms with E-state index in [9.17, 15) is 8.42 Å². The summed E-state index contributed by atoms with van der Waals surface area (Å²) in [7, 11) is -3.70. The number of nitrogens with two attached hydrogens (primary N) is 1. The van der Waals surface area contributed by atoms with Gasteiger partial charge in [0.05, 0.1) is 12.2 Å². The summed E-state index contributed by atoms with van der Waals surface area (Å²) in [5, 5.41) is -0.0830. The van der Waals surface area contributed by atoms with Gasteiger partial charge in [0.25, 0.3) is 10.0 Å². The number of anilines is 1. The Labute approximate surface area is 119 Å². The minimum absolute atomic E-state index is 0.0830. The molecule has 1 heterocycles. The summed E-state index contributed by atoms with van der Waals surface area (Å²) in [5.41, 5.74) is 7.13. The van der Waals surface area contributed by atoms with Gasteiger partial charge in [-0.2, -0.15) is 8.42 Å². The molecular weight excluding hydrogens is 276 g/mol. The zero-order chi connectivity index (χ0) is 14.8. The van der Waals surface area contributed by atoms with Crippen LogP contribution >= 0.6 is 0 Å². The highest BCUT2D eigenvalue weighted by atomic mass is 32.2. The van der Waals surface area contributed by atoms with E-state index in [-0.39, 0.29) is 11.6 Å². The number of furan rings is 1.